The number of esters is 1. The topological polar surface area (TPSA) is 64.6 Å². The SMILES string of the molecule is CCOC(=O)CCc1cc(CCNC(=O)OC(C)(C)C)cc(Cc2ccc(F)cc2)c1. The van der Waals surface area contributed by atoms with Crippen LogP contribution in [0.5, 0.6) is 0 Å². The Morgan fingerprint density at radius 1 is 0.935 bits per heavy atom. The first-order valence-corrected chi connectivity index (χ1v) is 10.6. The van der Waals surface area contributed by atoms with Gasteiger partial charge in [-0.05, 0) is 81.3 Å². The van der Waals surface area contributed by atoms with Crippen molar-refractivity contribution in [3.05, 3.63) is 70.5 Å². The van der Waals surface area contributed by atoms with Crippen molar-refractivity contribution in [1.29, 1.82) is 0 Å². The number of hydrogen-bond acceptors (Lipinski definition) is 4. The summed E-state index contributed by atoms with van der Waals surface area (Å²) in [7, 11) is 0. The highest BCUT2D eigenvalue weighted by atomic mass is 19.1. The van der Waals surface area contributed by atoms with Gasteiger partial charge in [0.05, 0.1) is 6.61 Å². The Balaban J connectivity index is 2.08. The first-order chi connectivity index (χ1) is 14.6. The summed E-state index contributed by atoms with van der Waals surface area (Å²) < 4.78 is 23.5. The van der Waals surface area contributed by atoms with E-state index in [1.165, 1.54) is 12.1 Å². The normalized spacial score (nSPS) is 11.1. The minimum atomic E-state index is -0.542. The molecular weight excluding hydrogens is 397 g/mol. The summed E-state index contributed by atoms with van der Waals surface area (Å²) in [6.45, 7) is 8.05. The highest BCUT2D eigenvalue weighted by Gasteiger charge is 2.15. The van der Waals surface area contributed by atoms with Gasteiger partial charge in [-0.2, -0.15) is 0 Å². The highest BCUT2D eigenvalue weighted by molar-refractivity contribution is 5.69. The van der Waals surface area contributed by atoms with Crippen LogP contribution in [0.2, 0.25) is 0 Å². The predicted molar refractivity (Wildman–Crippen MR) is 119 cm³/mol. The Morgan fingerprint density at radius 3 is 2.16 bits per heavy atom. The number of benzene rings is 2. The van der Waals surface area contributed by atoms with Crippen LogP contribution in [-0.2, 0) is 33.5 Å². The lowest BCUT2D eigenvalue weighted by Crippen LogP contribution is -2.33. The van der Waals surface area contributed by atoms with E-state index >= 15 is 0 Å². The maximum atomic E-state index is 13.2. The van der Waals surface area contributed by atoms with Gasteiger partial charge in [-0.25, -0.2) is 9.18 Å². The van der Waals surface area contributed by atoms with Crippen molar-refractivity contribution in [3.8, 4) is 0 Å². The van der Waals surface area contributed by atoms with Crippen molar-refractivity contribution in [2.24, 2.45) is 0 Å². The van der Waals surface area contributed by atoms with Crippen LogP contribution < -0.4 is 5.32 Å². The fourth-order valence-corrected chi connectivity index (χ4v) is 3.17. The fourth-order valence-electron chi connectivity index (χ4n) is 3.17. The predicted octanol–water partition coefficient (Wildman–Crippen LogP) is 4.98. The van der Waals surface area contributed by atoms with Crippen LogP contribution in [0.3, 0.4) is 0 Å². The molecule has 0 fully saturated rings. The van der Waals surface area contributed by atoms with E-state index < -0.39 is 11.7 Å². The number of aryl methyl sites for hydroxylation is 1. The van der Waals surface area contributed by atoms with E-state index in [1.807, 2.05) is 26.8 Å². The molecule has 5 nitrogen and oxygen atoms in total. The standard InChI is InChI=1S/C25H32FNO4/c1-5-30-23(28)11-8-19-15-20(12-13-27-24(29)31-25(2,3)4)17-21(16-19)14-18-6-9-22(26)10-7-18/h6-7,9-10,15-17H,5,8,11-14H2,1-4H3,(H,27,29). The summed E-state index contributed by atoms with van der Waals surface area (Å²) in [5.41, 5.74) is 3.61. The number of ether oxygens (including phenoxy) is 2. The van der Waals surface area contributed by atoms with Crippen molar-refractivity contribution in [1.82, 2.24) is 5.32 Å². The molecular formula is C25H32FNO4. The monoisotopic (exact) mass is 429 g/mol. The molecule has 2 rings (SSSR count). The van der Waals surface area contributed by atoms with E-state index in [1.54, 1.807) is 19.1 Å². The molecule has 0 heterocycles. The molecule has 0 aliphatic carbocycles. The van der Waals surface area contributed by atoms with Gasteiger partial charge in [0.2, 0.25) is 0 Å². The van der Waals surface area contributed by atoms with Gasteiger partial charge >= 0.3 is 12.1 Å². The fraction of sp³-hybridized carbons (Fsp3) is 0.440. The van der Waals surface area contributed by atoms with Crippen LogP contribution in [0.4, 0.5) is 9.18 Å². The summed E-state index contributed by atoms with van der Waals surface area (Å²) in [6.07, 6.45) is 1.71. The van der Waals surface area contributed by atoms with E-state index in [0.29, 0.717) is 38.8 Å². The van der Waals surface area contributed by atoms with Crippen LogP contribution in [0.15, 0.2) is 42.5 Å². The molecule has 2 aromatic carbocycles. The zero-order valence-electron chi connectivity index (χ0n) is 18.8. The van der Waals surface area contributed by atoms with Crippen LogP contribution >= 0.6 is 0 Å². The van der Waals surface area contributed by atoms with Gasteiger partial charge in [0.25, 0.3) is 0 Å². The Hall–Kier alpha value is -2.89. The van der Waals surface area contributed by atoms with Gasteiger partial charge in [-0.15, -0.1) is 0 Å². The first kappa shape index (κ1) is 24.4. The van der Waals surface area contributed by atoms with E-state index in [0.717, 1.165) is 22.3 Å². The molecule has 0 spiro atoms. The number of halogens is 1. The molecule has 1 N–H and O–H groups in total. The number of nitrogens with one attached hydrogen (secondary N) is 1. The van der Waals surface area contributed by atoms with Crippen molar-refractivity contribution in [2.75, 3.05) is 13.2 Å². The Bertz CT molecular complexity index is 872. The molecule has 0 atom stereocenters. The Morgan fingerprint density at radius 2 is 1.55 bits per heavy atom. The van der Waals surface area contributed by atoms with Crippen LogP contribution in [0.25, 0.3) is 0 Å². The van der Waals surface area contributed by atoms with Gasteiger partial charge in [0, 0.05) is 13.0 Å². The molecule has 0 aromatic heterocycles. The molecule has 0 saturated heterocycles. The number of carbonyl (C=O) groups excluding carboxylic acids is 2. The Labute approximate surface area is 183 Å². The lowest BCUT2D eigenvalue weighted by Gasteiger charge is -2.19. The van der Waals surface area contributed by atoms with Crippen molar-refractivity contribution >= 4 is 12.1 Å². The summed E-state index contributed by atoms with van der Waals surface area (Å²) in [5.74, 6) is -0.486. The quantitative estimate of drug-likeness (QED) is 0.571. The molecule has 2 aromatic rings. The lowest BCUT2D eigenvalue weighted by atomic mass is 9.96. The molecule has 6 heteroatoms. The number of alkyl carbamates (subject to hydrolysis) is 1. The number of hydrogen-bond donors (Lipinski definition) is 1. The second-order valence-electron chi connectivity index (χ2n) is 8.44. The summed E-state index contributed by atoms with van der Waals surface area (Å²) in [6, 6.07) is 12.6. The van der Waals surface area contributed by atoms with Gasteiger partial charge in [0.15, 0.2) is 0 Å². The van der Waals surface area contributed by atoms with Crippen LogP contribution in [0.1, 0.15) is 56.4 Å². The lowest BCUT2D eigenvalue weighted by molar-refractivity contribution is -0.143. The van der Waals surface area contributed by atoms with Crippen LogP contribution in [-0.4, -0.2) is 30.8 Å². The number of amides is 1. The minimum absolute atomic E-state index is 0.223. The zero-order valence-corrected chi connectivity index (χ0v) is 18.8. The molecule has 0 aliphatic heterocycles. The van der Waals surface area contributed by atoms with Gasteiger partial charge < -0.3 is 14.8 Å². The molecule has 168 valence electrons. The summed E-state index contributed by atoms with van der Waals surface area (Å²) in [5, 5.41) is 2.77. The minimum Gasteiger partial charge on any atom is -0.466 e. The third-order valence-corrected chi connectivity index (χ3v) is 4.44. The molecule has 0 unspecified atom stereocenters. The Kier molecular flexibility index (Phi) is 9.03. The number of rotatable bonds is 9. The maximum absolute atomic E-state index is 13.2. The first-order valence-electron chi connectivity index (χ1n) is 10.6. The highest BCUT2D eigenvalue weighted by Crippen LogP contribution is 2.17. The molecule has 0 bridgehead atoms. The summed E-state index contributed by atoms with van der Waals surface area (Å²) >= 11 is 0. The van der Waals surface area contributed by atoms with Crippen molar-refractivity contribution in [2.45, 2.75) is 59.0 Å². The van der Waals surface area contributed by atoms with Gasteiger partial charge in [-0.1, -0.05) is 30.3 Å². The maximum Gasteiger partial charge on any atom is 0.407 e. The van der Waals surface area contributed by atoms with E-state index in [2.05, 4.69) is 17.4 Å². The molecule has 0 saturated carbocycles. The van der Waals surface area contributed by atoms with Crippen molar-refractivity contribution < 1.29 is 23.5 Å². The second-order valence-corrected chi connectivity index (χ2v) is 8.44. The molecule has 31 heavy (non-hydrogen) atoms. The van der Waals surface area contributed by atoms with Gasteiger partial charge in [-0.3, -0.25) is 4.79 Å². The average Bonchev–Trinajstić information content (AvgIpc) is 2.67. The smallest absolute Gasteiger partial charge is 0.407 e. The van der Waals surface area contributed by atoms with E-state index in [-0.39, 0.29) is 11.8 Å². The average molecular weight is 430 g/mol. The number of carbonyl (C=O) groups is 2. The third-order valence-electron chi connectivity index (χ3n) is 4.44. The largest absolute Gasteiger partial charge is 0.466 e. The third kappa shape index (κ3) is 9.64. The van der Waals surface area contributed by atoms with Gasteiger partial charge in [0.1, 0.15) is 11.4 Å². The van der Waals surface area contributed by atoms with E-state index in [4.69, 9.17) is 9.47 Å². The zero-order chi connectivity index (χ0) is 22.9. The van der Waals surface area contributed by atoms with E-state index in [9.17, 15) is 14.0 Å². The molecule has 0 radical (unpaired) electrons. The molecule has 0 aliphatic rings. The van der Waals surface area contributed by atoms with Crippen LogP contribution in [0, 0.1) is 5.82 Å². The van der Waals surface area contributed by atoms with Crippen molar-refractivity contribution in [3.63, 3.8) is 0 Å². The second kappa shape index (κ2) is 11.5. The molecule has 1 amide bonds. The summed E-state index contributed by atoms with van der Waals surface area (Å²) in [4.78, 5) is 23.6.